The zero-order valence-electron chi connectivity index (χ0n) is 13.2. The Kier molecular flexibility index (Phi) is 4.27. The number of carbonyl (C=O) groups is 1. The molecule has 1 saturated heterocycles. The maximum atomic E-state index is 12.9. The molecule has 3 rings (SSSR count). The third kappa shape index (κ3) is 2.83. The molecule has 0 unspecified atom stereocenters. The second-order valence-corrected chi connectivity index (χ2v) is 6.35. The van der Waals surface area contributed by atoms with Gasteiger partial charge >= 0.3 is 0 Å². The molecule has 0 bridgehead atoms. The van der Waals surface area contributed by atoms with Crippen molar-refractivity contribution in [1.29, 1.82) is 0 Å². The number of para-hydroxylation sites is 1. The number of hydrogen-bond donors (Lipinski definition) is 2. The summed E-state index contributed by atoms with van der Waals surface area (Å²) in [6, 6.07) is 8.40. The summed E-state index contributed by atoms with van der Waals surface area (Å²) in [6.45, 7) is 11.0. The van der Waals surface area contributed by atoms with Gasteiger partial charge in [-0.05, 0) is 31.9 Å². The summed E-state index contributed by atoms with van der Waals surface area (Å²) in [5.41, 5.74) is 2.44. The van der Waals surface area contributed by atoms with Crippen LogP contribution in [0, 0.1) is 0 Å². The number of fused-ring (bicyclic) bond motifs is 1. The standard InChI is InChI=1S/C17H25N3O/c1-3-18-10-12-19(13-11-18)14(2)17(21)20-9-8-15-6-4-5-7-16(15)20/h4-7,14H,3,8-13H2,1-2H3/p+2/t14-/m1/s1. The fourth-order valence-electron chi connectivity index (χ4n) is 3.69. The maximum Gasteiger partial charge on any atom is 0.284 e. The van der Waals surface area contributed by atoms with E-state index in [-0.39, 0.29) is 6.04 Å². The van der Waals surface area contributed by atoms with Crippen LogP contribution in [0.25, 0.3) is 0 Å². The molecule has 1 amide bonds. The minimum atomic E-state index is 0.0783. The SMILES string of the molecule is CC[NH+]1CC[NH+]([C@H](C)C(=O)N2CCc3ccccc32)CC1. The number of carbonyl (C=O) groups excluding carboxylic acids is 1. The third-order valence-corrected chi connectivity index (χ3v) is 5.24. The van der Waals surface area contributed by atoms with E-state index in [1.165, 1.54) is 30.1 Å². The zero-order chi connectivity index (χ0) is 14.8. The Morgan fingerprint density at radius 2 is 1.95 bits per heavy atom. The predicted molar refractivity (Wildman–Crippen MR) is 83.9 cm³/mol. The van der Waals surface area contributed by atoms with E-state index in [1.807, 2.05) is 11.0 Å². The van der Waals surface area contributed by atoms with Crippen LogP contribution in [0.15, 0.2) is 24.3 Å². The molecule has 2 aliphatic heterocycles. The zero-order valence-corrected chi connectivity index (χ0v) is 13.2. The molecule has 4 heteroatoms. The van der Waals surface area contributed by atoms with Gasteiger partial charge in [0.25, 0.3) is 5.91 Å². The first-order chi connectivity index (χ1) is 10.2. The quantitative estimate of drug-likeness (QED) is 0.717. The lowest BCUT2D eigenvalue weighted by Crippen LogP contribution is -3.29. The first-order valence-electron chi connectivity index (χ1n) is 8.28. The maximum absolute atomic E-state index is 12.9. The van der Waals surface area contributed by atoms with Crippen molar-refractivity contribution in [3.8, 4) is 0 Å². The number of anilines is 1. The Hall–Kier alpha value is -1.39. The summed E-state index contributed by atoms with van der Waals surface area (Å²) in [4.78, 5) is 18.0. The van der Waals surface area contributed by atoms with E-state index in [2.05, 4.69) is 32.0 Å². The van der Waals surface area contributed by atoms with Gasteiger partial charge in [0.05, 0.1) is 6.54 Å². The van der Waals surface area contributed by atoms with Gasteiger partial charge in [0, 0.05) is 12.2 Å². The smallest absolute Gasteiger partial charge is 0.284 e. The largest absolute Gasteiger partial charge is 0.326 e. The van der Waals surface area contributed by atoms with Crippen LogP contribution in [0.4, 0.5) is 5.69 Å². The van der Waals surface area contributed by atoms with Gasteiger partial charge in [-0.1, -0.05) is 18.2 Å². The van der Waals surface area contributed by atoms with Gasteiger partial charge in [0.2, 0.25) is 0 Å². The van der Waals surface area contributed by atoms with Gasteiger partial charge in [-0.15, -0.1) is 0 Å². The van der Waals surface area contributed by atoms with E-state index in [9.17, 15) is 4.79 Å². The summed E-state index contributed by atoms with van der Waals surface area (Å²) in [6.07, 6.45) is 0.998. The van der Waals surface area contributed by atoms with Gasteiger partial charge in [0.1, 0.15) is 26.2 Å². The molecule has 114 valence electrons. The van der Waals surface area contributed by atoms with Gasteiger partial charge in [-0.25, -0.2) is 0 Å². The Balaban J connectivity index is 1.66. The first kappa shape index (κ1) is 14.5. The van der Waals surface area contributed by atoms with Crippen molar-refractivity contribution in [1.82, 2.24) is 0 Å². The molecular formula is C17H27N3O+2. The van der Waals surface area contributed by atoms with Crippen LogP contribution in [0.1, 0.15) is 19.4 Å². The van der Waals surface area contributed by atoms with Crippen LogP contribution in [0.5, 0.6) is 0 Å². The molecule has 2 heterocycles. The van der Waals surface area contributed by atoms with E-state index in [0.717, 1.165) is 31.7 Å². The van der Waals surface area contributed by atoms with E-state index < -0.39 is 0 Å². The fraction of sp³-hybridized carbons (Fsp3) is 0.588. The van der Waals surface area contributed by atoms with Gasteiger partial charge < -0.3 is 14.7 Å². The van der Waals surface area contributed by atoms with Crippen molar-refractivity contribution in [2.75, 3.05) is 44.2 Å². The van der Waals surface area contributed by atoms with E-state index in [1.54, 1.807) is 4.90 Å². The molecule has 1 fully saturated rings. The highest BCUT2D eigenvalue weighted by Gasteiger charge is 2.35. The molecule has 21 heavy (non-hydrogen) atoms. The summed E-state index contributed by atoms with van der Waals surface area (Å²) in [5, 5.41) is 0. The number of hydrogen-bond acceptors (Lipinski definition) is 1. The second kappa shape index (κ2) is 6.16. The van der Waals surface area contributed by atoms with E-state index >= 15 is 0 Å². The van der Waals surface area contributed by atoms with Crippen LogP contribution in [0.3, 0.4) is 0 Å². The number of amides is 1. The highest BCUT2D eigenvalue weighted by molar-refractivity contribution is 5.97. The number of rotatable bonds is 3. The molecule has 0 radical (unpaired) electrons. The molecule has 1 aromatic carbocycles. The summed E-state index contributed by atoms with van der Waals surface area (Å²) in [7, 11) is 0. The van der Waals surface area contributed by atoms with Crippen molar-refractivity contribution < 1.29 is 14.6 Å². The van der Waals surface area contributed by atoms with Crippen LogP contribution < -0.4 is 14.7 Å². The lowest BCUT2D eigenvalue weighted by atomic mass is 10.1. The average Bonchev–Trinajstić information content (AvgIpc) is 2.97. The molecule has 2 aliphatic rings. The predicted octanol–water partition coefficient (Wildman–Crippen LogP) is -1.23. The highest BCUT2D eigenvalue weighted by Crippen LogP contribution is 2.27. The molecule has 1 aromatic rings. The summed E-state index contributed by atoms with van der Waals surface area (Å²) < 4.78 is 0. The van der Waals surface area contributed by atoms with Crippen molar-refractivity contribution >= 4 is 11.6 Å². The molecular weight excluding hydrogens is 262 g/mol. The van der Waals surface area contributed by atoms with Crippen molar-refractivity contribution in [3.63, 3.8) is 0 Å². The number of nitrogens with one attached hydrogen (secondary N) is 2. The second-order valence-electron chi connectivity index (χ2n) is 6.35. The molecule has 1 atom stereocenters. The minimum Gasteiger partial charge on any atom is -0.326 e. The van der Waals surface area contributed by atoms with Crippen LogP contribution in [-0.4, -0.2) is 51.2 Å². The summed E-state index contributed by atoms with van der Waals surface area (Å²) in [5.74, 6) is 0.301. The Bertz CT molecular complexity index is 509. The average molecular weight is 289 g/mol. The summed E-state index contributed by atoms with van der Waals surface area (Å²) >= 11 is 0. The molecule has 0 spiro atoms. The van der Waals surface area contributed by atoms with Gasteiger partial charge in [0.15, 0.2) is 6.04 Å². The van der Waals surface area contributed by atoms with Gasteiger partial charge in [-0.3, -0.25) is 4.79 Å². The number of benzene rings is 1. The number of quaternary nitrogens is 2. The van der Waals surface area contributed by atoms with E-state index in [4.69, 9.17) is 0 Å². The third-order valence-electron chi connectivity index (χ3n) is 5.24. The van der Waals surface area contributed by atoms with Crippen LogP contribution >= 0.6 is 0 Å². The van der Waals surface area contributed by atoms with Gasteiger partial charge in [-0.2, -0.15) is 0 Å². The van der Waals surface area contributed by atoms with Crippen LogP contribution in [-0.2, 0) is 11.2 Å². The number of nitrogens with zero attached hydrogens (tertiary/aromatic N) is 1. The number of piperazine rings is 1. The molecule has 0 aromatic heterocycles. The fourth-order valence-corrected chi connectivity index (χ4v) is 3.69. The minimum absolute atomic E-state index is 0.0783. The van der Waals surface area contributed by atoms with Crippen molar-refractivity contribution in [2.45, 2.75) is 26.3 Å². The molecule has 0 aliphatic carbocycles. The molecule has 2 N–H and O–H groups in total. The Labute approximate surface area is 127 Å². The Morgan fingerprint density at radius 3 is 2.67 bits per heavy atom. The lowest BCUT2D eigenvalue weighted by molar-refractivity contribution is -1.02. The molecule has 0 saturated carbocycles. The normalized spacial score (nSPS) is 26.5. The first-order valence-corrected chi connectivity index (χ1v) is 8.28. The van der Waals surface area contributed by atoms with E-state index in [0.29, 0.717) is 5.91 Å². The lowest BCUT2D eigenvalue weighted by Gasteiger charge is -2.33. The molecule has 4 nitrogen and oxygen atoms in total. The van der Waals surface area contributed by atoms with Crippen molar-refractivity contribution in [3.05, 3.63) is 29.8 Å². The monoisotopic (exact) mass is 289 g/mol. The topological polar surface area (TPSA) is 29.2 Å². The van der Waals surface area contributed by atoms with Crippen LogP contribution in [0.2, 0.25) is 0 Å². The van der Waals surface area contributed by atoms with Crippen molar-refractivity contribution in [2.24, 2.45) is 0 Å². The highest BCUT2D eigenvalue weighted by atomic mass is 16.2. The number of likely N-dealkylation sites (N-methyl/N-ethyl adjacent to an activating group) is 1. The Morgan fingerprint density at radius 1 is 1.24 bits per heavy atom.